The fourth-order valence-electron chi connectivity index (χ4n) is 6.05. The number of phenols is 4. The number of nitrogens with zero attached hydrogens (tertiary/aromatic N) is 7. The van der Waals surface area contributed by atoms with Crippen molar-refractivity contribution in [2.75, 3.05) is 17.2 Å². The highest BCUT2D eigenvalue weighted by Crippen LogP contribution is 2.42. The van der Waals surface area contributed by atoms with Crippen molar-refractivity contribution in [1.82, 2.24) is 50.4 Å². The first-order valence-corrected chi connectivity index (χ1v) is 23.2. The zero-order valence-corrected chi connectivity index (χ0v) is 37.5. The van der Waals surface area contributed by atoms with Gasteiger partial charge in [0.2, 0.25) is 15.6 Å². The van der Waals surface area contributed by atoms with E-state index < -0.39 is 85.3 Å². The Bertz CT molecular complexity index is 3010. The number of thioether (sulfide) groups is 2. The molecule has 346 valence electrons. The highest BCUT2D eigenvalue weighted by molar-refractivity contribution is 8.01. The van der Waals surface area contributed by atoms with Gasteiger partial charge in [0.15, 0.2) is 39.7 Å². The van der Waals surface area contributed by atoms with E-state index in [1.807, 2.05) is 0 Å². The lowest BCUT2D eigenvalue weighted by atomic mass is 10.0. The number of carboxylic acids is 1. The number of nitrogens with one attached hydrogen (secondary N) is 4. The van der Waals surface area contributed by atoms with Crippen LogP contribution in [0.15, 0.2) is 74.2 Å². The maximum Gasteiger partial charge on any atom is 0.352 e. The average molecular weight is 985 g/mol. The number of aliphatic carboxylic acids is 1. The number of aryl methyl sites for hydroxylation is 1. The second kappa shape index (κ2) is 18.3. The van der Waals surface area contributed by atoms with Crippen molar-refractivity contribution in [3.63, 3.8) is 0 Å². The van der Waals surface area contributed by atoms with Crippen LogP contribution in [-0.4, -0.2) is 127 Å². The molecule has 0 aliphatic carbocycles. The number of nitrogen functional groups attached to an aromatic ring is 1. The van der Waals surface area contributed by atoms with Crippen molar-refractivity contribution >= 4 is 91.1 Å². The number of anilines is 1. The number of hydrogen-bond donors (Lipinski definition) is 10. The van der Waals surface area contributed by atoms with Gasteiger partial charge in [-0.1, -0.05) is 5.16 Å². The van der Waals surface area contributed by atoms with Gasteiger partial charge in [-0.2, -0.15) is 9.50 Å². The Kier molecular flexibility index (Phi) is 13.0. The van der Waals surface area contributed by atoms with E-state index in [4.69, 9.17) is 10.6 Å². The fraction of sp³-hybridized carbons (Fsp3) is 0.243. The molecule has 0 saturated carbocycles. The lowest BCUT2D eigenvalue weighted by Gasteiger charge is -2.49. The zero-order chi connectivity index (χ0) is 47.8. The molecule has 29 heteroatoms. The first kappa shape index (κ1) is 46.8. The van der Waals surface area contributed by atoms with Crippen LogP contribution in [0.5, 0.6) is 23.0 Å². The van der Waals surface area contributed by atoms with Gasteiger partial charge >= 0.3 is 5.97 Å². The molecule has 5 heterocycles. The summed E-state index contributed by atoms with van der Waals surface area (Å²) < 4.78 is 29.3. The molecule has 0 radical (unpaired) electrons. The van der Waals surface area contributed by atoms with Crippen LogP contribution >= 0.6 is 34.9 Å². The van der Waals surface area contributed by atoms with E-state index in [2.05, 4.69) is 46.1 Å². The first-order chi connectivity index (χ1) is 31.1. The summed E-state index contributed by atoms with van der Waals surface area (Å²) in [6.45, 7) is 3.85. The number of hydrogen-bond acceptors (Lipinski definition) is 21. The van der Waals surface area contributed by atoms with Crippen LogP contribution in [0, 0.1) is 6.92 Å². The summed E-state index contributed by atoms with van der Waals surface area (Å²) in [5.41, 5.74) is 8.16. The maximum absolute atomic E-state index is 13.8. The number of thiazole rings is 1. The van der Waals surface area contributed by atoms with Crippen LogP contribution < -0.4 is 26.6 Å². The smallest absolute Gasteiger partial charge is 0.352 e. The van der Waals surface area contributed by atoms with Gasteiger partial charge in [-0.25, -0.2) is 27.9 Å². The number of nitrogens with two attached hydrogens (primary N) is 1. The average Bonchev–Trinajstić information content (AvgIpc) is 3.89. The molecule has 1 saturated heterocycles. The van der Waals surface area contributed by atoms with Crippen LogP contribution in [0.1, 0.15) is 41.4 Å². The number of phenolic OH excluding ortho intramolecular Hbond substituents is 4. The summed E-state index contributed by atoms with van der Waals surface area (Å²) >= 11 is 3.31. The second-order valence-electron chi connectivity index (χ2n) is 14.6. The van der Waals surface area contributed by atoms with Gasteiger partial charge in [0.25, 0.3) is 29.4 Å². The Labute approximate surface area is 384 Å². The number of amides is 4. The van der Waals surface area contributed by atoms with Crippen LogP contribution in [-0.2, 0) is 40.6 Å². The highest BCUT2D eigenvalue weighted by Gasteiger charge is 2.54. The van der Waals surface area contributed by atoms with Gasteiger partial charge in [0, 0.05) is 34.2 Å². The number of aromatic nitrogens is 5. The van der Waals surface area contributed by atoms with Gasteiger partial charge in [0.1, 0.15) is 27.8 Å². The molecule has 1 fully saturated rings. The van der Waals surface area contributed by atoms with Gasteiger partial charge in [-0.05, 0) is 62.7 Å². The fourth-order valence-corrected chi connectivity index (χ4v) is 10.1. The molecule has 0 unspecified atom stereocenters. The Morgan fingerprint density at radius 1 is 1.00 bits per heavy atom. The third-order valence-corrected chi connectivity index (χ3v) is 14.0. The number of carboxylic acid groups (broad SMARTS) is 1. The number of oxime groups is 1. The van der Waals surface area contributed by atoms with E-state index in [1.165, 1.54) is 41.6 Å². The summed E-state index contributed by atoms with van der Waals surface area (Å²) in [5.74, 6) is -6.72. The minimum absolute atomic E-state index is 0.0332. The van der Waals surface area contributed by atoms with E-state index in [9.17, 15) is 57.9 Å². The largest absolute Gasteiger partial charge is 0.504 e. The topological polar surface area (TPSA) is 376 Å². The molecule has 0 bridgehead atoms. The molecule has 25 nitrogen and oxygen atoms in total. The molecule has 2 aliphatic heterocycles. The summed E-state index contributed by atoms with van der Waals surface area (Å²) in [4.78, 5) is 84.6. The number of fused-ring (bicyclic) bond motifs is 2. The van der Waals surface area contributed by atoms with Gasteiger partial charge in [-0.15, -0.1) is 40.0 Å². The van der Waals surface area contributed by atoms with Crippen molar-refractivity contribution < 1.29 is 62.8 Å². The molecule has 11 N–H and O–H groups in total. The Hall–Kier alpha value is -7.21. The lowest BCUT2D eigenvalue weighted by Crippen LogP contribution is -2.71. The minimum Gasteiger partial charge on any atom is -0.504 e. The molecule has 2 aromatic carbocycles. The van der Waals surface area contributed by atoms with E-state index in [1.54, 1.807) is 13.0 Å². The molecule has 5 aromatic rings. The van der Waals surface area contributed by atoms with Gasteiger partial charge in [0.05, 0.1) is 11.4 Å². The number of β-lactam (4-membered cyclic amide) rings is 1. The quantitative estimate of drug-likeness (QED) is 0.0168. The number of rotatable bonds is 15. The molecule has 3 aromatic heterocycles. The minimum atomic E-state index is -4.16. The maximum atomic E-state index is 13.8. The van der Waals surface area contributed by atoms with Crippen molar-refractivity contribution in [1.29, 1.82) is 0 Å². The summed E-state index contributed by atoms with van der Waals surface area (Å²) in [7, 11) is -4.16. The van der Waals surface area contributed by atoms with E-state index in [-0.39, 0.29) is 56.6 Å². The summed E-state index contributed by atoms with van der Waals surface area (Å²) in [6, 6.07) is 6.68. The normalized spacial score (nSPS) is 16.4. The number of benzene rings is 2. The molecule has 0 spiro atoms. The van der Waals surface area contributed by atoms with E-state index in [0.29, 0.717) is 16.3 Å². The Morgan fingerprint density at radius 2 is 1.71 bits per heavy atom. The predicted octanol–water partition coefficient (Wildman–Crippen LogP) is 0.264. The standard InChI is InChI=1S/C37H36N12O13S4/c1-15-8-25(49-36(40-15)42-24(46-49)11-39-66(60,61)18-5-7-21(51)23(53)10-18)63-12-17-13-64-32-27(31(56)48(32)28(17)33(57)58)43-30(55)26(19-14-65-35(38)41-19)47-62-37(2,3)34(59)45-44-29(54)16-4-6-20(50)22(52)9-16/h4-10,14,27,32,39,50-53H,11-13H2,1-3H3,(H2,38,41)(H,43,55)(H,44,54)(H,45,59)(H,57,58)/b47-26-/t27-,32-/m1/s1. The monoisotopic (exact) mass is 984 g/mol. The molecular formula is C37H36N12O13S4. The van der Waals surface area contributed by atoms with Gasteiger partial charge < -0.3 is 41.4 Å². The number of hydrazine groups is 1. The lowest BCUT2D eigenvalue weighted by molar-refractivity contribution is -0.150. The van der Waals surface area contributed by atoms with E-state index >= 15 is 0 Å². The van der Waals surface area contributed by atoms with Crippen LogP contribution in [0.4, 0.5) is 5.13 Å². The highest BCUT2D eigenvalue weighted by atomic mass is 32.2. The molecule has 2 atom stereocenters. The SMILES string of the molecule is Cc1cc(SCC2=C(C(=O)O)N3C(=O)[C@@H](NC(=O)/C(=N\OC(C)(C)C(=O)NNC(=O)c4ccc(O)c(O)c4)c4csc(N)n4)[C@H]3SC2)n2nc(CNS(=O)(=O)c3ccc(O)c(O)c3)nc2n1. The Morgan fingerprint density at radius 3 is 2.38 bits per heavy atom. The Balaban J connectivity index is 1.02. The molecule has 2 aliphatic rings. The predicted molar refractivity (Wildman–Crippen MR) is 233 cm³/mol. The number of carbonyl (C=O) groups excluding carboxylic acids is 4. The first-order valence-electron chi connectivity index (χ1n) is 18.8. The van der Waals surface area contributed by atoms with Crippen molar-refractivity contribution in [2.24, 2.45) is 5.16 Å². The number of sulfonamides is 1. The van der Waals surface area contributed by atoms with E-state index in [0.717, 1.165) is 58.3 Å². The van der Waals surface area contributed by atoms with Crippen molar-refractivity contribution in [3.05, 3.63) is 81.9 Å². The van der Waals surface area contributed by atoms with Crippen LogP contribution in [0.25, 0.3) is 5.78 Å². The second-order valence-corrected chi connectivity index (χ2v) is 19.3. The van der Waals surface area contributed by atoms with Crippen LogP contribution in [0.2, 0.25) is 0 Å². The van der Waals surface area contributed by atoms with Crippen molar-refractivity contribution in [2.45, 2.75) is 54.3 Å². The number of aromatic hydroxyl groups is 4. The molecule has 7 rings (SSSR count). The third-order valence-electron chi connectivity index (χ3n) is 9.48. The molecule has 66 heavy (non-hydrogen) atoms. The van der Waals surface area contributed by atoms with Crippen molar-refractivity contribution in [3.8, 4) is 23.0 Å². The van der Waals surface area contributed by atoms with Crippen LogP contribution in [0.3, 0.4) is 0 Å². The summed E-state index contributed by atoms with van der Waals surface area (Å²) in [6.07, 6.45) is 0. The third kappa shape index (κ3) is 9.73. The molecule has 4 amide bonds. The molecular weight excluding hydrogens is 949 g/mol. The summed E-state index contributed by atoms with van der Waals surface area (Å²) in [5, 5.41) is 60.7. The zero-order valence-electron chi connectivity index (χ0n) is 34.2. The van der Waals surface area contributed by atoms with Gasteiger partial charge in [-0.3, -0.25) is 34.9 Å². The number of carbonyl (C=O) groups is 5.